The van der Waals surface area contributed by atoms with Crippen molar-refractivity contribution < 1.29 is 13.6 Å². The molecule has 0 spiro atoms. The minimum atomic E-state index is -1.02. The molecule has 1 unspecified atom stereocenters. The number of amides is 1. The first-order valence-electron chi connectivity index (χ1n) is 9.49. The van der Waals surface area contributed by atoms with Crippen molar-refractivity contribution >= 4 is 17.5 Å². The zero-order valence-electron chi connectivity index (χ0n) is 15.7. The van der Waals surface area contributed by atoms with Crippen LogP contribution in [0.1, 0.15) is 34.8 Å². The standard InChI is InChI=1S/C22H20F2N4O/c23-18-9-8-15(13-19(18)24)21(29)28-12-4-5-16(14-28)20-10-11-25-22(27-20)26-17-6-2-1-3-7-17/h1-3,6-11,13,16H,4-5,12,14H2,(H,25,26,27). The summed E-state index contributed by atoms with van der Waals surface area (Å²) in [6.45, 7) is 1.05. The average Bonchev–Trinajstić information content (AvgIpc) is 2.76. The van der Waals surface area contributed by atoms with Crippen LogP contribution >= 0.6 is 0 Å². The molecule has 2 aromatic carbocycles. The molecule has 1 amide bonds. The molecule has 0 aliphatic carbocycles. The van der Waals surface area contributed by atoms with Gasteiger partial charge in [-0.2, -0.15) is 0 Å². The van der Waals surface area contributed by atoms with E-state index in [2.05, 4.69) is 15.3 Å². The molecule has 0 radical (unpaired) electrons. The normalized spacial score (nSPS) is 16.5. The maximum Gasteiger partial charge on any atom is 0.253 e. The van der Waals surface area contributed by atoms with E-state index in [0.29, 0.717) is 19.0 Å². The van der Waals surface area contributed by atoms with Crippen LogP contribution in [0, 0.1) is 11.6 Å². The number of likely N-dealkylation sites (tertiary alicyclic amines) is 1. The molecule has 29 heavy (non-hydrogen) atoms. The largest absolute Gasteiger partial charge is 0.338 e. The van der Waals surface area contributed by atoms with Gasteiger partial charge >= 0.3 is 0 Å². The van der Waals surface area contributed by atoms with Crippen LogP contribution in [0.3, 0.4) is 0 Å². The summed E-state index contributed by atoms with van der Waals surface area (Å²) in [5.41, 5.74) is 1.89. The second-order valence-corrected chi connectivity index (χ2v) is 7.02. The topological polar surface area (TPSA) is 58.1 Å². The fourth-order valence-electron chi connectivity index (χ4n) is 3.53. The Morgan fingerprint density at radius 3 is 2.69 bits per heavy atom. The Labute approximate surface area is 167 Å². The molecule has 1 saturated heterocycles. The van der Waals surface area contributed by atoms with Crippen molar-refractivity contribution in [2.24, 2.45) is 0 Å². The lowest BCUT2D eigenvalue weighted by atomic mass is 9.94. The van der Waals surface area contributed by atoms with Gasteiger partial charge in [0.1, 0.15) is 0 Å². The lowest BCUT2D eigenvalue weighted by Crippen LogP contribution is -2.39. The van der Waals surface area contributed by atoms with Gasteiger partial charge in [0.2, 0.25) is 5.95 Å². The van der Waals surface area contributed by atoms with Crippen LogP contribution in [-0.4, -0.2) is 33.9 Å². The molecule has 1 atom stereocenters. The van der Waals surface area contributed by atoms with Gasteiger partial charge in [-0.15, -0.1) is 0 Å². The van der Waals surface area contributed by atoms with E-state index in [1.807, 2.05) is 36.4 Å². The van der Waals surface area contributed by atoms with E-state index < -0.39 is 11.6 Å². The number of nitrogens with zero attached hydrogens (tertiary/aromatic N) is 3. The SMILES string of the molecule is O=C(c1ccc(F)c(F)c1)N1CCCC(c2ccnc(Nc3ccccc3)n2)C1. The highest BCUT2D eigenvalue weighted by Gasteiger charge is 2.27. The smallest absolute Gasteiger partial charge is 0.253 e. The van der Waals surface area contributed by atoms with E-state index in [4.69, 9.17) is 0 Å². The minimum absolute atomic E-state index is 0.0531. The van der Waals surface area contributed by atoms with Gasteiger partial charge in [0, 0.05) is 36.5 Å². The fourth-order valence-corrected chi connectivity index (χ4v) is 3.53. The van der Waals surface area contributed by atoms with Crippen LogP contribution in [0.25, 0.3) is 0 Å². The Kier molecular flexibility index (Phi) is 5.46. The molecule has 1 fully saturated rings. The van der Waals surface area contributed by atoms with Crippen molar-refractivity contribution in [1.29, 1.82) is 0 Å². The molecule has 0 bridgehead atoms. The highest BCUT2D eigenvalue weighted by molar-refractivity contribution is 5.94. The second-order valence-electron chi connectivity index (χ2n) is 7.02. The van der Waals surface area contributed by atoms with Crippen molar-refractivity contribution in [3.05, 3.63) is 83.7 Å². The Balaban J connectivity index is 1.49. The summed E-state index contributed by atoms with van der Waals surface area (Å²) in [6.07, 6.45) is 3.40. The summed E-state index contributed by atoms with van der Waals surface area (Å²) < 4.78 is 26.7. The third kappa shape index (κ3) is 4.39. The van der Waals surface area contributed by atoms with Gasteiger partial charge in [0.05, 0.1) is 5.69 Å². The summed E-state index contributed by atoms with van der Waals surface area (Å²) in [5.74, 6) is -1.73. The van der Waals surface area contributed by atoms with Crippen LogP contribution in [-0.2, 0) is 0 Å². The first-order valence-corrected chi connectivity index (χ1v) is 9.49. The lowest BCUT2D eigenvalue weighted by Gasteiger charge is -2.32. The number of hydrogen-bond acceptors (Lipinski definition) is 4. The van der Waals surface area contributed by atoms with E-state index in [0.717, 1.165) is 36.4 Å². The third-order valence-corrected chi connectivity index (χ3v) is 5.00. The summed E-state index contributed by atoms with van der Waals surface area (Å²) in [7, 11) is 0. The summed E-state index contributed by atoms with van der Waals surface area (Å²) in [5, 5.41) is 3.17. The van der Waals surface area contributed by atoms with Gasteiger partial charge in [-0.1, -0.05) is 18.2 Å². The van der Waals surface area contributed by atoms with Gasteiger partial charge in [0.25, 0.3) is 5.91 Å². The molecule has 1 N–H and O–H groups in total. The number of nitrogens with one attached hydrogen (secondary N) is 1. The predicted octanol–water partition coefficient (Wildman–Crippen LogP) is 4.52. The molecule has 3 aromatic rings. The maximum atomic E-state index is 13.5. The molecular weight excluding hydrogens is 374 g/mol. The third-order valence-electron chi connectivity index (χ3n) is 5.00. The van der Waals surface area contributed by atoms with Gasteiger partial charge in [0.15, 0.2) is 11.6 Å². The van der Waals surface area contributed by atoms with E-state index in [1.54, 1.807) is 11.1 Å². The Morgan fingerprint density at radius 1 is 1.07 bits per heavy atom. The lowest BCUT2D eigenvalue weighted by molar-refractivity contribution is 0.0705. The number of piperidine rings is 1. The molecule has 5 nitrogen and oxygen atoms in total. The molecule has 4 rings (SSSR count). The number of benzene rings is 2. The molecule has 2 heterocycles. The van der Waals surface area contributed by atoms with E-state index in [-0.39, 0.29) is 17.4 Å². The summed E-state index contributed by atoms with van der Waals surface area (Å²) in [6, 6.07) is 14.7. The van der Waals surface area contributed by atoms with Crippen molar-refractivity contribution in [3.8, 4) is 0 Å². The van der Waals surface area contributed by atoms with Crippen molar-refractivity contribution in [1.82, 2.24) is 14.9 Å². The van der Waals surface area contributed by atoms with Gasteiger partial charge in [-0.3, -0.25) is 4.79 Å². The number of carbonyl (C=O) groups excluding carboxylic acids is 1. The number of aromatic nitrogens is 2. The fraction of sp³-hybridized carbons (Fsp3) is 0.227. The monoisotopic (exact) mass is 394 g/mol. The number of carbonyl (C=O) groups is 1. The van der Waals surface area contributed by atoms with Crippen LogP contribution in [0.2, 0.25) is 0 Å². The zero-order chi connectivity index (χ0) is 20.2. The van der Waals surface area contributed by atoms with E-state index in [9.17, 15) is 13.6 Å². The van der Waals surface area contributed by atoms with Crippen LogP contribution in [0.15, 0.2) is 60.8 Å². The molecule has 1 aliphatic rings. The Morgan fingerprint density at radius 2 is 1.90 bits per heavy atom. The number of halogens is 2. The van der Waals surface area contributed by atoms with Crippen molar-refractivity contribution in [2.75, 3.05) is 18.4 Å². The molecule has 0 saturated carbocycles. The van der Waals surface area contributed by atoms with E-state index >= 15 is 0 Å². The number of hydrogen-bond donors (Lipinski definition) is 1. The second kappa shape index (κ2) is 8.34. The van der Waals surface area contributed by atoms with Crippen LogP contribution in [0.4, 0.5) is 20.4 Å². The molecular formula is C22H20F2N4O. The zero-order valence-corrected chi connectivity index (χ0v) is 15.7. The number of rotatable bonds is 4. The van der Waals surface area contributed by atoms with Crippen molar-refractivity contribution in [3.63, 3.8) is 0 Å². The summed E-state index contributed by atoms with van der Waals surface area (Å²) in [4.78, 5) is 23.3. The highest BCUT2D eigenvalue weighted by Crippen LogP contribution is 2.27. The predicted molar refractivity (Wildman–Crippen MR) is 106 cm³/mol. The number of para-hydroxylation sites is 1. The average molecular weight is 394 g/mol. The molecule has 7 heteroatoms. The quantitative estimate of drug-likeness (QED) is 0.707. The van der Waals surface area contributed by atoms with E-state index in [1.165, 1.54) is 6.07 Å². The summed E-state index contributed by atoms with van der Waals surface area (Å²) >= 11 is 0. The first-order chi connectivity index (χ1) is 14.1. The number of anilines is 2. The van der Waals surface area contributed by atoms with Gasteiger partial charge in [-0.05, 0) is 49.2 Å². The van der Waals surface area contributed by atoms with Crippen LogP contribution < -0.4 is 5.32 Å². The Bertz CT molecular complexity index is 1010. The highest BCUT2D eigenvalue weighted by atomic mass is 19.2. The molecule has 1 aliphatic heterocycles. The maximum absolute atomic E-state index is 13.5. The van der Waals surface area contributed by atoms with Gasteiger partial charge in [-0.25, -0.2) is 18.7 Å². The first kappa shape index (κ1) is 19.0. The van der Waals surface area contributed by atoms with Crippen molar-refractivity contribution in [2.45, 2.75) is 18.8 Å². The minimum Gasteiger partial charge on any atom is -0.338 e. The molecule has 1 aromatic heterocycles. The van der Waals surface area contributed by atoms with Crippen LogP contribution in [0.5, 0.6) is 0 Å². The Hall–Kier alpha value is -3.35. The van der Waals surface area contributed by atoms with Gasteiger partial charge < -0.3 is 10.2 Å². The molecule has 148 valence electrons.